The summed E-state index contributed by atoms with van der Waals surface area (Å²) in [4.78, 5) is 4.87. The molecule has 0 aromatic heterocycles. The molecule has 0 atom stereocenters. The van der Waals surface area contributed by atoms with Gasteiger partial charge in [-0.1, -0.05) is 0 Å². The zero-order valence-corrected chi connectivity index (χ0v) is 9.78. The first-order valence-corrected chi connectivity index (χ1v) is 5.88. The van der Waals surface area contributed by atoms with Crippen LogP contribution in [0.3, 0.4) is 0 Å². The molecule has 1 radical (unpaired) electrons. The lowest BCUT2D eigenvalue weighted by Gasteiger charge is -2.34. The first kappa shape index (κ1) is 12.9. The molecule has 0 spiro atoms. The molecule has 1 aliphatic heterocycles. The maximum Gasteiger partial charge on any atom is 0.0834 e. The molecule has 0 bridgehead atoms. The van der Waals surface area contributed by atoms with Crippen molar-refractivity contribution in [2.45, 2.75) is 12.8 Å². The van der Waals surface area contributed by atoms with Gasteiger partial charge in [0.15, 0.2) is 0 Å². The summed E-state index contributed by atoms with van der Waals surface area (Å²) in [7, 11) is 1.75. The van der Waals surface area contributed by atoms with Crippen molar-refractivity contribution < 1.29 is 9.84 Å². The quantitative estimate of drug-likeness (QED) is 0.579. The van der Waals surface area contributed by atoms with E-state index >= 15 is 0 Å². The predicted octanol–water partition coefficient (Wildman–Crippen LogP) is 0.461. The van der Waals surface area contributed by atoms with Crippen molar-refractivity contribution in [1.82, 2.24) is 9.80 Å². The lowest BCUT2D eigenvalue weighted by Crippen LogP contribution is -2.46. The molecule has 4 nitrogen and oxygen atoms in total. The van der Waals surface area contributed by atoms with Gasteiger partial charge in [0.1, 0.15) is 0 Å². The summed E-state index contributed by atoms with van der Waals surface area (Å²) in [5.74, 6) is 0. The SMILES string of the molecule is COCCCN1CCN(CCC[O])CC1. The molecule has 4 heteroatoms. The predicted molar refractivity (Wildman–Crippen MR) is 59.5 cm³/mol. The van der Waals surface area contributed by atoms with E-state index in [2.05, 4.69) is 9.80 Å². The molecule has 15 heavy (non-hydrogen) atoms. The molecule has 0 unspecified atom stereocenters. The van der Waals surface area contributed by atoms with E-state index in [4.69, 9.17) is 4.74 Å². The van der Waals surface area contributed by atoms with Gasteiger partial charge in [-0.2, -0.15) is 0 Å². The Bertz CT molecular complexity index is 148. The van der Waals surface area contributed by atoms with Crippen molar-refractivity contribution >= 4 is 0 Å². The van der Waals surface area contributed by atoms with Crippen molar-refractivity contribution in [3.05, 3.63) is 0 Å². The Hall–Kier alpha value is -0.160. The van der Waals surface area contributed by atoms with E-state index in [-0.39, 0.29) is 6.61 Å². The Labute approximate surface area is 92.8 Å². The Morgan fingerprint density at radius 1 is 1.00 bits per heavy atom. The fourth-order valence-electron chi connectivity index (χ4n) is 1.96. The third kappa shape index (κ3) is 5.47. The third-order valence-corrected chi connectivity index (χ3v) is 2.91. The van der Waals surface area contributed by atoms with E-state index in [0.717, 1.165) is 58.7 Å². The minimum absolute atomic E-state index is 0.0635. The summed E-state index contributed by atoms with van der Waals surface area (Å²) in [5.41, 5.74) is 0. The van der Waals surface area contributed by atoms with Crippen LogP contribution in [0.1, 0.15) is 12.8 Å². The van der Waals surface area contributed by atoms with Crippen LogP contribution in [-0.4, -0.2) is 69.4 Å². The van der Waals surface area contributed by atoms with Crippen LogP contribution in [0.25, 0.3) is 0 Å². The summed E-state index contributed by atoms with van der Waals surface area (Å²) in [6, 6.07) is 0. The topological polar surface area (TPSA) is 35.6 Å². The first-order valence-electron chi connectivity index (χ1n) is 5.88. The fraction of sp³-hybridized carbons (Fsp3) is 1.00. The summed E-state index contributed by atoms with van der Waals surface area (Å²) >= 11 is 0. The minimum Gasteiger partial charge on any atom is -0.385 e. The molecule has 0 aliphatic carbocycles. The molecule has 1 heterocycles. The Balaban J connectivity index is 2.02. The smallest absolute Gasteiger partial charge is 0.0834 e. The van der Waals surface area contributed by atoms with Crippen LogP contribution >= 0.6 is 0 Å². The van der Waals surface area contributed by atoms with Crippen LogP contribution in [0.15, 0.2) is 0 Å². The van der Waals surface area contributed by atoms with E-state index < -0.39 is 0 Å². The fourth-order valence-corrected chi connectivity index (χ4v) is 1.96. The van der Waals surface area contributed by atoms with E-state index in [9.17, 15) is 5.11 Å². The van der Waals surface area contributed by atoms with E-state index in [1.807, 2.05) is 0 Å². The summed E-state index contributed by atoms with van der Waals surface area (Å²) in [6.45, 7) is 7.56. The number of ether oxygens (including phenoxy) is 1. The van der Waals surface area contributed by atoms with Crippen molar-refractivity contribution in [2.75, 3.05) is 59.6 Å². The first-order chi connectivity index (χ1) is 7.36. The maximum absolute atomic E-state index is 10.4. The van der Waals surface area contributed by atoms with Crippen molar-refractivity contribution in [3.63, 3.8) is 0 Å². The van der Waals surface area contributed by atoms with Gasteiger partial charge in [0.05, 0.1) is 6.61 Å². The van der Waals surface area contributed by atoms with Crippen molar-refractivity contribution in [1.29, 1.82) is 0 Å². The van der Waals surface area contributed by atoms with Gasteiger partial charge >= 0.3 is 0 Å². The average Bonchev–Trinajstić information content (AvgIpc) is 2.28. The van der Waals surface area contributed by atoms with Crippen LogP contribution in [-0.2, 0) is 9.84 Å². The summed E-state index contributed by atoms with van der Waals surface area (Å²) in [5, 5.41) is 10.4. The lowest BCUT2D eigenvalue weighted by atomic mass is 10.2. The van der Waals surface area contributed by atoms with Gasteiger partial charge in [0.25, 0.3) is 0 Å². The van der Waals surface area contributed by atoms with Gasteiger partial charge in [-0.3, -0.25) is 0 Å². The normalized spacial score (nSPS) is 19.6. The number of rotatable bonds is 7. The van der Waals surface area contributed by atoms with E-state index in [1.165, 1.54) is 0 Å². The van der Waals surface area contributed by atoms with Gasteiger partial charge in [-0.25, -0.2) is 5.11 Å². The maximum atomic E-state index is 10.4. The molecule has 1 fully saturated rings. The minimum atomic E-state index is 0.0635. The Kier molecular flexibility index (Phi) is 6.92. The highest BCUT2D eigenvalue weighted by atomic mass is 16.5. The zero-order valence-electron chi connectivity index (χ0n) is 9.78. The second kappa shape index (κ2) is 8.05. The van der Waals surface area contributed by atoms with Crippen LogP contribution in [0, 0.1) is 0 Å². The highest BCUT2D eigenvalue weighted by molar-refractivity contribution is 4.71. The van der Waals surface area contributed by atoms with Crippen molar-refractivity contribution in [3.8, 4) is 0 Å². The van der Waals surface area contributed by atoms with Crippen LogP contribution in [0.2, 0.25) is 0 Å². The molecule has 0 amide bonds. The van der Waals surface area contributed by atoms with Gasteiger partial charge < -0.3 is 14.5 Å². The molecule has 0 aromatic rings. The Morgan fingerprint density at radius 3 is 2.00 bits per heavy atom. The average molecular weight is 215 g/mol. The number of hydrogen-bond acceptors (Lipinski definition) is 3. The highest BCUT2D eigenvalue weighted by Gasteiger charge is 2.15. The van der Waals surface area contributed by atoms with Crippen LogP contribution in [0.5, 0.6) is 0 Å². The Morgan fingerprint density at radius 2 is 1.53 bits per heavy atom. The van der Waals surface area contributed by atoms with Gasteiger partial charge in [-0.05, 0) is 12.8 Å². The number of nitrogens with zero attached hydrogens (tertiary/aromatic N) is 2. The second-order valence-electron chi connectivity index (χ2n) is 4.09. The molecule has 0 saturated carbocycles. The lowest BCUT2D eigenvalue weighted by molar-refractivity contribution is 0.105. The van der Waals surface area contributed by atoms with E-state index in [1.54, 1.807) is 7.11 Å². The highest BCUT2D eigenvalue weighted by Crippen LogP contribution is 2.03. The molecule has 0 aromatic carbocycles. The van der Waals surface area contributed by atoms with Crippen molar-refractivity contribution in [2.24, 2.45) is 0 Å². The molecule has 1 aliphatic rings. The van der Waals surface area contributed by atoms with Gasteiger partial charge in [-0.15, -0.1) is 0 Å². The third-order valence-electron chi connectivity index (χ3n) is 2.91. The monoisotopic (exact) mass is 215 g/mol. The molecule has 0 N–H and O–H groups in total. The zero-order chi connectivity index (χ0) is 10.9. The second-order valence-corrected chi connectivity index (χ2v) is 4.09. The van der Waals surface area contributed by atoms with Crippen LogP contribution < -0.4 is 0 Å². The summed E-state index contributed by atoms with van der Waals surface area (Å²) in [6.07, 6.45) is 1.92. The van der Waals surface area contributed by atoms with Crippen LogP contribution in [0.4, 0.5) is 0 Å². The van der Waals surface area contributed by atoms with E-state index in [0.29, 0.717) is 0 Å². The molecule has 1 rings (SSSR count). The largest absolute Gasteiger partial charge is 0.385 e. The number of hydrogen-bond donors (Lipinski definition) is 0. The molecular weight excluding hydrogens is 192 g/mol. The van der Waals surface area contributed by atoms with Gasteiger partial charge in [0.2, 0.25) is 0 Å². The molecular formula is C11H23N2O2. The summed E-state index contributed by atoms with van der Waals surface area (Å²) < 4.78 is 5.04. The number of piperazine rings is 1. The molecule has 89 valence electrons. The van der Waals surface area contributed by atoms with Gasteiger partial charge in [0, 0.05) is 53.0 Å². The number of methoxy groups -OCH3 is 1. The molecule has 1 saturated heterocycles. The standard InChI is InChI=1S/C11H23N2O2/c1-15-11-3-5-13-8-6-12(7-9-13)4-2-10-14/h2-11H2,1H3.